The molecule has 1 aliphatic rings. The summed E-state index contributed by atoms with van der Waals surface area (Å²) in [6.07, 6.45) is -0.711. The second-order valence-electron chi connectivity index (χ2n) is 5.99. The minimum Gasteiger partial charge on any atom is -0.478 e. The van der Waals surface area contributed by atoms with Crippen molar-refractivity contribution in [1.82, 2.24) is 0 Å². The number of anilines is 1. The molecule has 7 heteroatoms. The third kappa shape index (κ3) is 3.59. The maximum atomic E-state index is 12.1. The van der Waals surface area contributed by atoms with Gasteiger partial charge >= 0.3 is 12.1 Å². The van der Waals surface area contributed by atoms with Crippen LogP contribution in [-0.2, 0) is 11.3 Å². The normalized spacial score (nSPS) is 11.3. The van der Waals surface area contributed by atoms with Crippen molar-refractivity contribution < 1.29 is 28.9 Å². The Hall–Kier alpha value is -4.00. The molecule has 1 aliphatic heterocycles. The number of hydrogen-bond donors (Lipinski definition) is 2. The van der Waals surface area contributed by atoms with Crippen molar-refractivity contribution in [3.05, 3.63) is 77.9 Å². The first-order chi connectivity index (χ1) is 13.6. The van der Waals surface area contributed by atoms with E-state index in [4.69, 9.17) is 14.2 Å². The molecule has 0 bridgehead atoms. The van der Waals surface area contributed by atoms with E-state index in [1.807, 2.05) is 30.3 Å². The van der Waals surface area contributed by atoms with Gasteiger partial charge in [-0.05, 0) is 23.8 Å². The molecule has 28 heavy (non-hydrogen) atoms. The number of hydrogen-bond acceptors (Lipinski definition) is 5. The molecular weight excluding hydrogens is 362 g/mol. The number of aromatic carboxylic acids is 1. The largest absolute Gasteiger partial charge is 0.478 e. The van der Waals surface area contributed by atoms with Crippen LogP contribution in [0.25, 0.3) is 0 Å². The summed E-state index contributed by atoms with van der Waals surface area (Å²) in [6.45, 7) is 0.0936. The maximum Gasteiger partial charge on any atom is 0.411 e. The number of fused-ring (bicyclic) bond motifs is 2. The Kier molecular flexibility index (Phi) is 4.55. The topological polar surface area (TPSA) is 94.1 Å². The molecule has 0 aliphatic carbocycles. The minimum atomic E-state index is -1.21. The Bertz CT molecular complexity index is 1050. The highest BCUT2D eigenvalue weighted by Crippen LogP contribution is 2.48. The second kappa shape index (κ2) is 7.32. The van der Waals surface area contributed by atoms with E-state index < -0.39 is 12.1 Å². The number of para-hydroxylation sites is 2. The molecule has 3 aromatic carbocycles. The SMILES string of the molecule is O=C(Nc1cc2c(c(C(=O)O)c1)Oc1ccccc1O2)OCc1ccccc1. The quantitative estimate of drug-likeness (QED) is 0.518. The Balaban J connectivity index is 1.55. The van der Waals surface area contributed by atoms with Gasteiger partial charge in [-0.3, -0.25) is 5.32 Å². The number of nitrogens with one attached hydrogen (secondary N) is 1. The van der Waals surface area contributed by atoms with Crippen molar-refractivity contribution in [2.24, 2.45) is 0 Å². The highest BCUT2D eigenvalue weighted by Gasteiger charge is 2.26. The van der Waals surface area contributed by atoms with E-state index in [9.17, 15) is 14.7 Å². The number of carbonyl (C=O) groups is 2. The lowest BCUT2D eigenvalue weighted by atomic mass is 10.1. The zero-order valence-electron chi connectivity index (χ0n) is 14.5. The van der Waals surface area contributed by atoms with Gasteiger partial charge in [0.05, 0.1) is 0 Å². The molecule has 0 radical (unpaired) electrons. The van der Waals surface area contributed by atoms with Crippen LogP contribution in [0.2, 0.25) is 0 Å². The van der Waals surface area contributed by atoms with Gasteiger partial charge in [0.15, 0.2) is 23.0 Å². The fourth-order valence-corrected chi connectivity index (χ4v) is 2.74. The summed E-state index contributed by atoms with van der Waals surface area (Å²) < 4.78 is 16.6. The van der Waals surface area contributed by atoms with Gasteiger partial charge in [0, 0.05) is 11.8 Å². The summed E-state index contributed by atoms with van der Waals surface area (Å²) in [5, 5.41) is 12.0. The number of rotatable bonds is 4. The first kappa shape index (κ1) is 17.4. The fourth-order valence-electron chi connectivity index (χ4n) is 2.74. The van der Waals surface area contributed by atoms with E-state index in [0.29, 0.717) is 11.5 Å². The predicted octanol–water partition coefficient (Wildman–Crippen LogP) is 5.03. The predicted molar refractivity (Wildman–Crippen MR) is 100 cm³/mol. The standard InChI is InChI=1S/C21H15NO6/c23-20(24)15-10-14(22-21(25)26-12-13-6-2-1-3-7-13)11-18-19(15)28-17-9-5-4-8-16(17)27-18/h1-11H,12H2,(H,22,25)(H,23,24). The number of carbonyl (C=O) groups excluding carboxylic acids is 1. The average Bonchev–Trinajstić information content (AvgIpc) is 2.71. The van der Waals surface area contributed by atoms with Crippen LogP contribution in [0.3, 0.4) is 0 Å². The Morgan fingerprint density at radius 3 is 2.29 bits per heavy atom. The number of carboxylic acid groups (broad SMARTS) is 1. The van der Waals surface area contributed by atoms with Crippen LogP contribution < -0.4 is 14.8 Å². The summed E-state index contributed by atoms with van der Waals surface area (Å²) >= 11 is 0. The first-order valence-electron chi connectivity index (χ1n) is 8.44. The molecule has 0 spiro atoms. The van der Waals surface area contributed by atoms with Gasteiger partial charge in [0.1, 0.15) is 12.2 Å². The van der Waals surface area contributed by atoms with Gasteiger partial charge in [0.25, 0.3) is 0 Å². The number of ether oxygens (including phenoxy) is 3. The molecule has 7 nitrogen and oxygen atoms in total. The molecule has 2 N–H and O–H groups in total. The van der Waals surface area contributed by atoms with Crippen LogP contribution in [0, 0.1) is 0 Å². The van der Waals surface area contributed by atoms with Gasteiger partial charge < -0.3 is 19.3 Å². The second-order valence-corrected chi connectivity index (χ2v) is 5.99. The molecule has 0 saturated heterocycles. The van der Waals surface area contributed by atoms with Gasteiger partial charge in [-0.2, -0.15) is 0 Å². The molecule has 0 saturated carbocycles. The van der Waals surface area contributed by atoms with Crippen LogP contribution in [0.5, 0.6) is 23.0 Å². The van der Waals surface area contributed by atoms with E-state index >= 15 is 0 Å². The van der Waals surface area contributed by atoms with Crippen molar-refractivity contribution in [2.45, 2.75) is 6.61 Å². The van der Waals surface area contributed by atoms with Crippen molar-refractivity contribution >= 4 is 17.7 Å². The third-order valence-corrected chi connectivity index (χ3v) is 4.03. The molecule has 1 amide bonds. The Labute approximate surface area is 160 Å². The zero-order valence-corrected chi connectivity index (χ0v) is 14.5. The third-order valence-electron chi connectivity index (χ3n) is 4.03. The first-order valence-corrected chi connectivity index (χ1v) is 8.44. The van der Waals surface area contributed by atoms with Gasteiger partial charge in [-0.25, -0.2) is 9.59 Å². The molecule has 3 aromatic rings. The summed E-state index contributed by atoms with van der Waals surface area (Å²) in [6, 6.07) is 18.9. The molecule has 140 valence electrons. The number of benzene rings is 3. The monoisotopic (exact) mass is 377 g/mol. The average molecular weight is 377 g/mol. The summed E-state index contributed by atoms with van der Waals surface area (Å²) in [4.78, 5) is 23.7. The smallest absolute Gasteiger partial charge is 0.411 e. The molecular formula is C21H15NO6. The maximum absolute atomic E-state index is 12.1. The lowest BCUT2D eigenvalue weighted by molar-refractivity contribution is 0.0693. The van der Waals surface area contributed by atoms with E-state index in [2.05, 4.69) is 5.32 Å². The van der Waals surface area contributed by atoms with Crippen molar-refractivity contribution in [3.63, 3.8) is 0 Å². The van der Waals surface area contributed by atoms with Gasteiger partial charge in [-0.1, -0.05) is 42.5 Å². The van der Waals surface area contributed by atoms with Gasteiger partial charge in [0.2, 0.25) is 0 Å². The highest BCUT2D eigenvalue weighted by atomic mass is 16.6. The van der Waals surface area contributed by atoms with E-state index in [1.54, 1.807) is 24.3 Å². The zero-order chi connectivity index (χ0) is 19.5. The number of carboxylic acids is 1. The van der Waals surface area contributed by atoms with Gasteiger partial charge in [-0.15, -0.1) is 0 Å². The highest BCUT2D eigenvalue weighted by molar-refractivity contribution is 5.96. The van der Waals surface area contributed by atoms with E-state index in [-0.39, 0.29) is 29.4 Å². The van der Waals surface area contributed by atoms with Crippen LogP contribution in [0.15, 0.2) is 66.7 Å². The van der Waals surface area contributed by atoms with Crippen LogP contribution in [-0.4, -0.2) is 17.2 Å². The molecule has 1 heterocycles. The lowest BCUT2D eigenvalue weighted by Gasteiger charge is -2.22. The van der Waals surface area contributed by atoms with E-state index in [1.165, 1.54) is 12.1 Å². The molecule has 4 rings (SSSR count). The summed E-state index contributed by atoms with van der Waals surface area (Å²) in [5.41, 5.74) is 0.921. The molecule has 0 aromatic heterocycles. The van der Waals surface area contributed by atoms with Crippen molar-refractivity contribution in [2.75, 3.05) is 5.32 Å². The number of amides is 1. The van der Waals surface area contributed by atoms with E-state index in [0.717, 1.165) is 5.56 Å². The van der Waals surface area contributed by atoms with Crippen molar-refractivity contribution in [3.8, 4) is 23.0 Å². The lowest BCUT2D eigenvalue weighted by Crippen LogP contribution is -2.15. The Morgan fingerprint density at radius 1 is 0.893 bits per heavy atom. The molecule has 0 unspecified atom stereocenters. The van der Waals surface area contributed by atoms with Crippen LogP contribution in [0.1, 0.15) is 15.9 Å². The Morgan fingerprint density at radius 2 is 1.57 bits per heavy atom. The molecule has 0 fully saturated rings. The summed E-state index contributed by atoms with van der Waals surface area (Å²) in [5.74, 6) is -0.0671. The minimum absolute atomic E-state index is 0.0782. The molecule has 0 atom stereocenters. The fraction of sp³-hybridized carbons (Fsp3) is 0.0476. The summed E-state index contributed by atoms with van der Waals surface area (Å²) in [7, 11) is 0. The van der Waals surface area contributed by atoms with Crippen molar-refractivity contribution in [1.29, 1.82) is 0 Å². The van der Waals surface area contributed by atoms with Crippen LogP contribution in [0.4, 0.5) is 10.5 Å². The van der Waals surface area contributed by atoms with Crippen LogP contribution >= 0.6 is 0 Å².